The number of methoxy groups -OCH3 is 1. The molecule has 6 nitrogen and oxygen atoms in total. The minimum atomic E-state index is -0.158. The maximum Gasteiger partial charge on any atom is 0.260 e. The van der Waals surface area contributed by atoms with Gasteiger partial charge in [0.25, 0.3) is 5.91 Å². The van der Waals surface area contributed by atoms with E-state index in [0.29, 0.717) is 23.0 Å². The van der Waals surface area contributed by atoms with Gasteiger partial charge in [0.05, 0.1) is 25.6 Å². The zero-order chi connectivity index (χ0) is 19.3. The number of pyridine rings is 1. The largest absolute Gasteiger partial charge is 0.497 e. The number of nitrogens with zero attached hydrogens (tertiary/aromatic N) is 3. The first-order chi connectivity index (χ1) is 13.7. The Balaban J connectivity index is 1.66. The summed E-state index contributed by atoms with van der Waals surface area (Å²) in [6, 6.07) is 14.7. The van der Waals surface area contributed by atoms with Crippen LogP contribution in [-0.4, -0.2) is 23.0 Å². The van der Waals surface area contributed by atoms with Crippen molar-refractivity contribution in [2.75, 3.05) is 12.0 Å². The number of hydrogen-bond acceptors (Lipinski definition) is 6. The molecule has 0 aliphatic rings. The number of carbonyl (C=O) groups is 1. The lowest BCUT2D eigenvalue weighted by molar-refractivity contribution is 0.0983. The van der Waals surface area contributed by atoms with E-state index in [4.69, 9.17) is 9.15 Å². The van der Waals surface area contributed by atoms with Crippen molar-refractivity contribution in [3.63, 3.8) is 0 Å². The number of hydrogen-bond donors (Lipinski definition) is 0. The second-order valence-electron chi connectivity index (χ2n) is 5.95. The zero-order valence-corrected chi connectivity index (χ0v) is 15.9. The fraction of sp³-hybridized carbons (Fsp3) is 0.0952. The van der Waals surface area contributed by atoms with Crippen LogP contribution in [0.15, 0.2) is 77.0 Å². The number of amides is 1. The Morgan fingerprint density at radius 1 is 1.14 bits per heavy atom. The van der Waals surface area contributed by atoms with Crippen LogP contribution in [-0.2, 0) is 6.54 Å². The van der Waals surface area contributed by atoms with Crippen LogP contribution in [0.1, 0.15) is 16.1 Å². The van der Waals surface area contributed by atoms with Crippen LogP contribution in [0, 0.1) is 0 Å². The molecule has 7 heteroatoms. The van der Waals surface area contributed by atoms with E-state index in [-0.39, 0.29) is 5.91 Å². The maximum absolute atomic E-state index is 13.1. The monoisotopic (exact) mass is 391 g/mol. The lowest BCUT2D eigenvalue weighted by Gasteiger charge is -2.18. The van der Waals surface area contributed by atoms with E-state index in [1.807, 2.05) is 35.7 Å². The van der Waals surface area contributed by atoms with Gasteiger partial charge < -0.3 is 9.15 Å². The fourth-order valence-electron chi connectivity index (χ4n) is 2.72. The first-order valence-electron chi connectivity index (χ1n) is 8.59. The van der Waals surface area contributed by atoms with Gasteiger partial charge in [-0.2, -0.15) is 0 Å². The number of anilines is 1. The minimum Gasteiger partial charge on any atom is -0.497 e. The first kappa shape index (κ1) is 17.9. The molecule has 0 radical (unpaired) electrons. The Morgan fingerprint density at radius 2 is 1.93 bits per heavy atom. The average Bonchev–Trinajstić information content (AvgIpc) is 3.44. The molecule has 140 valence electrons. The number of furan rings is 1. The average molecular weight is 391 g/mol. The van der Waals surface area contributed by atoms with E-state index in [1.165, 1.54) is 11.3 Å². The van der Waals surface area contributed by atoms with Gasteiger partial charge in [0.2, 0.25) is 0 Å². The van der Waals surface area contributed by atoms with Crippen molar-refractivity contribution in [2.24, 2.45) is 0 Å². The van der Waals surface area contributed by atoms with Crippen LogP contribution >= 0.6 is 11.3 Å². The van der Waals surface area contributed by atoms with Gasteiger partial charge in [-0.05, 0) is 48.5 Å². The summed E-state index contributed by atoms with van der Waals surface area (Å²) in [4.78, 5) is 23.4. The minimum absolute atomic E-state index is 0.158. The van der Waals surface area contributed by atoms with Crippen molar-refractivity contribution in [1.29, 1.82) is 0 Å². The van der Waals surface area contributed by atoms with E-state index < -0.39 is 0 Å². The number of aromatic nitrogens is 2. The third-order valence-corrected chi connectivity index (χ3v) is 5.04. The Hall–Kier alpha value is -3.45. The number of benzene rings is 1. The topological polar surface area (TPSA) is 68.5 Å². The van der Waals surface area contributed by atoms with Gasteiger partial charge in [-0.25, -0.2) is 4.98 Å². The quantitative estimate of drug-likeness (QED) is 0.478. The summed E-state index contributed by atoms with van der Waals surface area (Å²) in [7, 11) is 1.63. The molecule has 0 unspecified atom stereocenters. The third-order valence-electron chi connectivity index (χ3n) is 4.18. The van der Waals surface area contributed by atoms with Crippen LogP contribution in [0.5, 0.6) is 5.75 Å². The van der Waals surface area contributed by atoms with Crippen molar-refractivity contribution >= 4 is 22.4 Å². The van der Waals surface area contributed by atoms with E-state index >= 15 is 0 Å². The summed E-state index contributed by atoms with van der Waals surface area (Å²) in [6.45, 7) is 0.295. The molecule has 0 fully saturated rings. The molecule has 4 aromatic rings. The van der Waals surface area contributed by atoms with Crippen molar-refractivity contribution in [1.82, 2.24) is 9.97 Å². The Kier molecular flexibility index (Phi) is 5.16. The molecule has 0 saturated carbocycles. The number of carbonyl (C=O) groups excluding carboxylic acids is 1. The molecular weight excluding hydrogens is 374 g/mol. The smallest absolute Gasteiger partial charge is 0.260 e. The second-order valence-corrected chi connectivity index (χ2v) is 6.79. The van der Waals surface area contributed by atoms with Gasteiger partial charge >= 0.3 is 0 Å². The zero-order valence-electron chi connectivity index (χ0n) is 15.1. The maximum atomic E-state index is 13.1. The van der Waals surface area contributed by atoms with E-state index in [9.17, 15) is 4.79 Å². The van der Waals surface area contributed by atoms with Gasteiger partial charge in [0, 0.05) is 28.9 Å². The van der Waals surface area contributed by atoms with Crippen LogP contribution in [0.2, 0.25) is 0 Å². The number of rotatable bonds is 6. The molecule has 4 rings (SSSR count). The molecule has 28 heavy (non-hydrogen) atoms. The molecule has 1 aromatic carbocycles. The van der Waals surface area contributed by atoms with Gasteiger partial charge in [-0.3, -0.25) is 14.7 Å². The summed E-state index contributed by atoms with van der Waals surface area (Å²) in [6.07, 6.45) is 4.79. The van der Waals surface area contributed by atoms with Crippen molar-refractivity contribution in [3.8, 4) is 17.0 Å². The van der Waals surface area contributed by atoms with E-state index in [2.05, 4.69) is 9.97 Å². The molecule has 0 atom stereocenters. The van der Waals surface area contributed by atoms with E-state index in [0.717, 1.165) is 17.0 Å². The highest BCUT2D eigenvalue weighted by Crippen LogP contribution is 2.30. The molecule has 0 spiro atoms. The van der Waals surface area contributed by atoms with Crippen molar-refractivity contribution in [3.05, 3.63) is 83.9 Å². The number of thiazole rings is 1. The van der Waals surface area contributed by atoms with Gasteiger partial charge in [0.1, 0.15) is 11.5 Å². The predicted molar refractivity (Wildman–Crippen MR) is 108 cm³/mol. The second kappa shape index (κ2) is 8.06. The highest BCUT2D eigenvalue weighted by atomic mass is 32.1. The molecule has 0 saturated heterocycles. The summed E-state index contributed by atoms with van der Waals surface area (Å²) in [5, 5.41) is 2.54. The highest BCUT2D eigenvalue weighted by Gasteiger charge is 2.22. The highest BCUT2D eigenvalue weighted by molar-refractivity contribution is 7.14. The Morgan fingerprint density at radius 3 is 2.61 bits per heavy atom. The summed E-state index contributed by atoms with van der Waals surface area (Å²) >= 11 is 1.41. The molecule has 0 N–H and O–H groups in total. The van der Waals surface area contributed by atoms with Crippen LogP contribution < -0.4 is 9.64 Å². The first-order valence-corrected chi connectivity index (χ1v) is 9.47. The van der Waals surface area contributed by atoms with E-state index in [1.54, 1.807) is 48.9 Å². The predicted octanol–water partition coefficient (Wildman–Crippen LogP) is 4.65. The Labute approximate surface area is 166 Å². The van der Waals surface area contributed by atoms with Crippen molar-refractivity contribution in [2.45, 2.75) is 6.54 Å². The SMILES string of the molecule is COc1ccc(-c2csc(N(Cc3ccco3)C(=O)c3ccncc3)n2)cc1. The lowest BCUT2D eigenvalue weighted by Crippen LogP contribution is -2.30. The Bertz CT molecular complexity index is 1040. The number of ether oxygens (including phenoxy) is 1. The van der Waals surface area contributed by atoms with Crippen LogP contribution in [0.25, 0.3) is 11.3 Å². The fourth-order valence-corrected chi connectivity index (χ4v) is 3.55. The standard InChI is InChI=1S/C21H17N3O3S/c1-26-17-6-4-15(5-7-17)19-14-28-21(23-19)24(13-18-3-2-12-27-18)20(25)16-8-10-22-11-9-16/h2-12,14H,13H2,1H3. The third kappa shape index (κ3) is 3.79. The molecule has 0 aliphatic carbocycles. The van der Waals surface area contributed by atoms with Crippen molar-refractivity contribution < 1.29 is 13.9 Å². The van der Waals surface area contributed by atoms with Gasteiger partial charge in [-0.1, -0.05) is 0 Å². The molecule has 1 amide bonds. The molecule has 3 heterocycles. The van der Waals surface area contributed by atoms with Crippen LogP contribution in [0.4, 0.5) is 5.13 Å². The van der Waals surface area contributed by atoms with Gasteiger partial charge in [0.15, 0.2) is 5.13 Å². The lowest BCUT2D eigenvalue weighted by atomic mass is 10.2. The summed E-state index contributed by atoms with van der Waals surface area (Å²) < 4.78 is 10.6. The molecular formula is C21H17N3O3S. The molecule has 0 aliphatic heterocycles. The molecule has 3 aromatic heterocycles. The molecule has 0 bridgehead atoms. The van der Waals surface area contributed by atoms with Gasteiger partial charge in [-0.15, -0.1) is 11.3 Å². The van der Waals surface area contributed by atoms with Crippen LogP contribution in [0.3, 0.4) is 0 Å². The summed E-state index contributed by atoms with van der Waals surface area (Å²) in [5.74, 6) is 1.31. The summed E-state index contributed by atoms with van der Waals surface area (Å²) in [5.41, 5.74) is 2.30. The normalized spacial score (nSPS) is 10.6.